The predicted octanol–water partition coefficient (Wildman–Crippen LogP) is 4.67. The lowest BCUT2D eigenvalue weighted by Crippen LogP contribution is -1.97. The Bertz CT molecular complexity index is 1030. The number of aromatic nitrogens is 3. The number of nitrogens with zero attached hydrogens (tertiary/aromatic N) is 3. The molecule has 0 spiro atoms. The average Bonchev–Trinajstić information content (AvgIpc) is 3.18. The van der Waals surface area contributed by atoms with Gasteiger partial charge < -0.3 is 9.14 Å². The number of aryl methyl sites for hydroxylation is 2. The zero-order valence-electron chi connectivity index (χ0n) is 14.5. The lowest BCUT2D eigenvalue weighted by molar-refractivity contribution is 0.398. The van der Waals surface area contributed by atoms with E-state index in [0.29, 0.717) is 5.88 Å². The average molecular weight is 349 g/mol. The lowest BCUT2D eigenvalue weighted by atomic mass is 10.1. The molecule has 0 aliphatic carbocycles. The topological polar surface area (TPSA) is 39.4 Å². The quantitative estimate of drug-likeness (QED) is 0.537. The molecule has 4 nitrogen and oxygen atoms in total. The minimum Gasteiger partial charge on any atom is -0.481 e. The molecule has 0 aliphatic heterocycles. The summed E-state index contributed by atoms with van der Waals surface area (Å²) in [5.41, 5.74) is 6.82. The maximum atomic E-state index is 5.14. The van der Waals surface area contributed by atoms with Crippen molar-refractivity contribution in [3.63, 3.8) is 0 Å². The van der Waals surface area contributed by atoms with Gasteiger partial charge in [0, 0.05) is 40.9 Å². The maximum absolute atomic E-state index is 5.14. The van der Waals surface area contributed by atoms with Crippen molar-refractivity contribution in [2.24, 2.45) is 0 Å². The molecule has 5 heteroatoms. The smallest absolute Gasteiger partial charge is 0.212 e. The van der Waals surface area contributed by atoms with Crippen LogP contribution < -0.4 is 4.74 Å². The molecule has 0 aliphatic rings. The highest BCUT2D eigenvalue weighted by molar-refractivity contribution is 7.10. The highest BCUT2D eigenvalue weighted by Gasteiger charge is 2.12. The second kappa shape index (κ2) is 6.33. The fraction of sp³-hybridized carbons (Fsp3) is 0.200. The molecule has 0 atom stereocenters. The summed E-state index contributed by atoms with van der Waals surface area (Å²) in [4.78, 5) is 10.4. The first-order chi connectivity index (χ1) is 12.2. The van der Waals surface area contributed by atoms with E-state index in [2.05, 4.69) is 53.0 Å². The van der Waals surface area contributed by atoms with Crippen molar-refractivity contribution in [1.82, 2.24) is 14.4 Å². The first-order valence-electron chi connectivity index (χ1n) is 8.16. The number of hydrogen-bond acceptors (Lipinski definition) is 4. The van der Waals surface area contributed by atoms with Gasteiger partial charge in [-0.05, 0) is 49.1 Å². The Morgan fingerprint density at radius 1 is 1.08 bits per heavy atom. The van der Waals surface area contributed by atoms with Crippen LogP contribution in [0.5, 0.6) is 5.88 Å². The van der Waals surface area contributed by atoms with E-state index in [1.54, 1.807) is 18.4 Å². The van der Waals surface area contributed by atoms with Crippen molar-refractivity contribution in [2.45, 2.75) is 20.3 Å². The van der Waals surface area contributed by atoms with E-state index >= 15 is 0 Å². The molecule has 0 radical (unpaired) electrons. The number of thiophene rings is 1. The number of pyridine rings is 2. The zero-order chi connectivity index (χ0) is 17.4. The standard InChI is InChI=1S/C20H19N3OS/c1-13-8-9-25-18(13)10-17-14(2)22-19-6-4-16(12-23(17)19)15-5-7-20(24-3)21-11-15/h4-9,11-12H,10H2,1-3H3. The third-order valence-corrected chi connectivity index (χ3v) is 5.52. The van der Waals surface area contributed by atoms with Crippen molar-refractivity contribution in [3.05, 3.63) is 69.9 Å². The van der Waals surface area contributed by atoms with Crippen LogP contribution in [-0.4, -0.2) is 21.5 Å². The number of rotatable bonds is 4. The summed E-state index contributed by atoms with van der Waals surface area (Å²) in [5.74, 6) is 0.622. The number of methoxy groups -OCH3 is 1. The molecule has 4 aromatic rings. The summed E-state index contributed by atoms with van der Waals surface area (Å²) in [6.45, 7) is 4.25. The second-order valence-corrected chi connectivity index (χ2v) is 7.08. The highest BCUT2D eigenvalue weighted by Crippen LogP contribution is 2.26. The van der Waals surface area contributed by atoms with Crippen molar-refractivity contribution in [1.29, 1.82) is 0 Å². The Balaban J connectivity index is 1.78. The summed E-state index contributed by atoms with van der Waals surface area (Å²) < 4.78 is 7.34. The molecule has 4 heterocycles. The summed E-state index contributed by atoms with van der Waals surface area (Å²) >= 11 is 1.80. The normalized spacial score (nSPS) is 11.2. The summed E-state index contributed by atoms with van der Waals surface area (Å²) in [6, 6.07) is 10.2. The number of hydrogen-bond donors (Lipinski definition) is 0. The Kier molecular flexibility index (Phi) is 4.01. The molecule has 0 amide bonds. The first kappa shape index (κ1) is 15.8. The maximum Gasteiger partial charge on any atom is 0.212 e. The molecule has 4 rings (SSSR count). The van der Waals surface area contributed by atoms with Gasteiger partial charge in [-0.3, -0.25) is 0 Å². The monoisotopic (exact) mass is 349 g/mol. The Morgan fingerprint density at radius 3 is 2.60 bits per heavy atom. The lowest BCUT2D eigenvalue weighted by Gasteiger charge is -2.07. The van der Waals surface area contributed by atoms with Crippen molar-refractivity contribution >= 4 is 17.0 Å². The van der Waals surface area contributed by atoms with Gasteiger partial charge in [-0.1, -0.05) is 0 Å². The second-order valence-electron chi connectivity index (χ2n) is 6.08. The van der Waals surface area contributed by atoms with E-state index in [4.69, 9.17) is 9.72 Å². The molecule has 0 N–H and O–H groups in total. The van der Waals surface area contributed by atoms with Gasteiger partial charge in [-0.15, -0.1) is 11.3 Å². The zero-order valence-corrected chi connectivity index (χ0v) is 15.3. The van der Waals surface area contributed by atoms with E-state index in [0.717, 1.165) is 28.9 Å². The van der Waals surface area contributed by atoms with E-state index in [-0.39, 0.29) is 0 Å². The van der Waals surface area contributed by atoms with Crippen LogP contribution in [0, 0.1) is 13.8 Å². The number of imidazole rings is 1. The Morgan fingerprint density at radius 2 is 1.92 bits per heavy atom. The van der Waals surface area contributed by atoms with Crippen molar-refractivity contribution < 1.29 is 4.74 Å². The number of fused-ring (bicyclic) bond motifs is 1. The fourth-order valence-corrected chi connectivity index (χ4v) is 3.91. The van der Waals surface area contributed by atoms with Gasteiger partial charge in [0.05, 0.1) is 18.5 Å². The van der Waals surface area contributed by atoms with Gasteiger partial charge in [-0.25, -0.2) is 9.97 Å². The van der Waals surface area contributed by atoms with Crippen molar-refractivity contribution in [2.75, 3.05) is 7.11 Å². The Labute approximate surface area is 150 Å². The number of ether oxygens (including phenoxy) is 1. The van der Waals surface area contributed by atoms with Gasteiger partial charge in [0.15, 0.2) is 0 Å². The van der Waals surface area contributed by atoms with Gasteiger partial charge in [0.2, 0.25) is 5.88 Å². The van der Waals surface area contributed by atoms with Crippen LogP contribution >= 0.6 is 11.3 Å². The third-order valence-electron chi connectivity index (χ3n) is 4.49. The minimum absolute atomic E-state index is 0.622. The van der Waals surface area contributed by atoms with Crippen LogP contribution in [-0.2, 0) is 6.42 Å². The molecule has 0 bridgehead atoms. The molecule has 0 fully saturated rings. The van der Waals surface area contributed by atoms with Gasteiger partial charge in [0.25, 0.3) is 0 Å². The van der Waals surface area contributed by atoms with E-state index in [9.17, 15) is 0 Å². The van der Waals surface area contributed by atoms with E-state index < -0.39 is 0 Å². The summed E-state index contributed by atoms with van der Waals surface area (Å²) in [6.07, 6.45) is 4.89. The van der Waals surface area contributed by atoms with E-state index in [1.165, 1.54) is 16.1 Å². The van der Waals surface area contributed by atoms with Gasteiger partial charge in [-0.2, -0.15) is 0 Å². The molecule has 0 saturated carbocycles. The molecule has 0 saturated heterocycles. The fourth-order valence-electron chi connectivity index (χ4n) is 3.00. The SMILES string of the molecule is COc1ccc(-c2ccc3nc(C)c(Cc4sccc4C)n3c2)cn1. The highest BCUT2D eigenvalue weighted by atomic mass is 32.1. The minimum atomic E-state index is 0.622. The van der Waals surface area contributed by atoms with Crippen molar-refractivity contribution in [3.8, 4) is 17.0 Å². The molecule has 126 valence electrons. The predicted molar refractivity (Wildman–Crippen MR) is 102 cm³/mol. The summed E-state index contributed by atoms with van der Waals surface area (Å²) in [7, 11) is 1.63. The summed E-state index contributed by atoms with van der Waals surface area (Å²) in [5, 5.41) is 2.15. The molecule has 0 aromatic carbocycles. The van der Waals surface area contributed by atoms with Crippen LogP contribution in [0.4, 0.5) is 0 Å². The molecule has 25 heavy (non-hydrogen) atoms. The van der Waals surface area contributed by atoms with Crippen LogP contribution in [0.2, 0.25) is 0 Å². The third kappa shape index (κ3) is 2.91. The van der Waals surface area contributed by atoms with E-state index in [1.807, 2.05) is 18.3 Å². The first-order valence-corrected chi connectivity index (χ1v) is 9.04. The molecular formula is C20H19N3OS. The van der Waals surface area contributed by atoms with Crippen LogP contribution in [0.3, 0.4) is 0 Å². The molecule has 4 aromatic heterocycles. The van der Waals surface area contributed by atoms with Crippen LogP contribution in [0.15, 0.2) is 48.1 Å². The molecule has 0 unspecified atom stereocenters. The molecular weight excluding hydrogens is 330 g/mol. The Hall–Kier alpha value is -2.66. The van der Waals surface area contributed by atoms with Crippen LogP contribution in [0.25, 0.3) is 16.8 Å². The van der Waals surface area contributed by atoms with Crippen LogP contribution in [0.1, 0.15) is 21.8 Å². The largest absolute Gasteiger partial charge is 0.481 e. The van der Waals surface area contributed by atoms with Gasteiger partial charge >= 0.3 is 0 Å². The van der Waals surface area contributed by atoms with Gasteiger partial charge in [0.1, 0.15) is 5.65 Å².